The maximum absolute atomic E-state index is 14.9. The third kappa shape index (κ3) is 5.16. The summed E-state index contributed by atoms with van der Waals surface area (Å²) < 4.78 is 94.2. The van der Waals surface area contributed by atoms with Crippen LogP contribution in [0.25, 0.3) is 0 Å². The summed E-state index contributed by atoms with van der Waals surface area (Å²) in [7, 11) is -3.47. The first-order valence-corrected chi connectivity index (χ1v) is 15.5. The molecule has 12 heteroatoms. The van der Waals surface area contributed by atoms with Crippen molar-refractivity contribution in [2.45, 2.75) is 74.4 Å². The zero-order valence-corrected chi connectivity index (χ0v) is 23.7. The van der Waals surface area contributed by atoms with Gasteiger partial charge in [-0.25, -0.2) is 21.5 Å². The van der Waals surface area contributed by atoms with E-state index in [1.165, 1.54) is 28.6 Å². The Hall–Kier alpha value is -2.57. The van der Waals surface area contributed by atoms with Gasteiger partial charge in [-0.15, -0.1) is 0 Å². The van der Waals surface area contributed by atoms with E-state index in [1.807, 2.05) is 0 Å². The van der Waals surface area contributed by atoms with Crippen LogP contribution in [-0.4, -0.2) is 72.3 Å². The molecule has 0 bridgehead atoms. The van der Waals surface area contributed by atoms with Gasteiger partial charge in [0.2, 0.25) is 15.7 Å². The van der Waals surface area contributed by atoms with Crippen molar-refractivity contribution in [2.24, 2.45) is 0 Å². The molecule has 2 saturated heterocycles. The molecule has 224 valence electrons. The zero-order chi connectivity index (χ0) is 30.0. The van der Waals surface area contributed by atoms with Crippen molar-refractivity contribution in [1.29, 1.82) is 0 Å². The van der Waals surface area contributed by atoms with Crippen molar-refractivity contribution in [3.8, 4) is 0 Å². The number of fused-ring (bicyclic) bond motifs is 3. The Bertz CT molecular complexity index is 1440. The molecule has 1 unspecified atom stereocenters. The SMILES string of the molecule is CC(F)(c1ccc2c(c1)CC[C@H]1N(C(=O)C3(O)CCN(S(C)(=O)=O)CC3)CC[C@@]21Cc1ccc(F)cc1)C(F)(F)F. The highest BCUT2D eigenvalue weighted by Crippen LogP contribution is 2.51. The largest absolute Gasteiger partial charge is 0.426 e. The van der Waals surface area contributed by atoms with Gasteiger partial charge in [0.1, 0.15) is 11.4 Å². The van der Waals surface area contributed by atoms with E-state index >= 15 is 0 Å². The van der Waals surface area contributed by atoms with E-state index < -0.39 is 56.2 Å². The summed E-state index contributed by atoms with van der Waals surface area (Å²) in [6.45, 7) is 0.786. The summed E-state index contributed by atoms with van der Waals surface area (Å²) in [4.78, 5) is 15.5. The van der Waals surface area contributed by atoms with E-state index in [1.54, 1.807) is 17.0 Å². The summed E-state index contributed by atoms with van der Waals surface area (Å²) in [6, 6.07) is 9.43. The number of halogens is 5. The topological polar surface area (TPSA) is 77.9 Å². The van der Waals surface area contributed by atoms with Crippen LogP contribution < -0.4 is 0 Å². The maximum atomic E-state index is 14.9. The lowest BCUT2D eigenvalue weighted by atomic mass is 9.63. The first-order chi connectivity index (χ1) is 19.0. The molecule has 2 heterocycles. The smallest absolute Gasteiger partial charge is 0.380 e. The molecule has 2 fully saturated rings. The predicted molar refractivity (Wildman–Crippen MR) is 142 cm³/mol. The lowest BCUT2D eigenvalue weighted by Crippen LogP contribution is -2.58. The number of aliphatic hydroxyl groups is 1. The van der Waals surface area contributed by atoms with Gasteiger partial charge in [-0.2, -0.15) is 13.2 Å². The fourth-order valence-electron chi connectivity index (χ4n) is 6.90. The minimum Gasteiger partial charge on any atom is -0.380 e. The van der Waals surface area contributed by atoms with Gasteiger partial charge in [-0.1, -0.05) is 30.3 Å². The molecule has 1 amide bonds. The number of hydrogen-bond acceptors (Lipinski definition) is 4. The molecule has 6 nitrogen and oxygen atoms in total. The molecule has 5 rings (SSSR count). The maximum Gasteiger partial charge on any atom is 0.426 e. The Kier molecular flexibility index (Phi) is 7.30. The summed E-state index contributed by atoms with van der Waals surface area (Å²) in [5.41, 5.74) is -4.47. The zero-order valence-electron chi connectivity index (χ0n) is 22.8. The van der Waals surface area contributed by atoms with Crippen molar-refractivity contribution >= 4 is 15.9 Å². The first kappa shape index (κ1) is 29.9. The summed E-state index contributed by atoms with van der Waals surface area (Å²) >= 11 is 0. The van der Waals surface area contributed by atoms with Gasteiger partial charge < -0.3 is 10.0 Å². The number of carbonyl (C=O) groups excluding carboxylic acids is 1. The minimum atomic E-state index is -5.09. The number of aryl methyl sites for hydroxylation is 1. The number of nitrogens with zero attached hydrogens (tertiary/aromatic N) is 2. The molecular formula is C29H33F5N2O4S. The molecule has 0 spiro atoms. The van der Waals surface area contributed by atoms with Crippen molar-refractivity contribution in [1.82, 2.24) is 9.21 Å². The standard InChI is InChI=1S/C29H33F5N2O4S/c1-26(31,29(32,33)34)21-6-9-23-20(17-21)5-10-24-27(23,18-19-3-7-22(30)8-4-19)11-16-36(24)25(37)28(38)12-14-35(15-13-28)41(2,39)40/h3-4,6-9,17,24,38H,5,10-16,18H2,1-2H3/t24-,26?,27-/m1/s1. The molecule has 0 aromatic heterocycles. The van der Waals surface area contributed by atoms with Crippen molar-refractivity contribution in [3.63, 3.8) is 0 Å². The van der Waals surface area contributed by atoms with Crippen LogP contribution in [0, 0.1) is 5.82 Å². The van der Waals surface area contributed by atoms with Gasteiger partial charge in [0, 0.05) is 31.1 Å². The van der Waals surface area contributed by atoms with Gasteiger partial charge in [0.25, 0.3) is 5.91 Å². The second-order valence-corrected chi connectivity index (χ2v) is 13.8. The number of benzene rings is 2. The Balaban J connectivity index is 1.51. The molecule has 0 saturated carbocycles. The Morgan fingerprint density at radius 1 is 1.02 bits per heavy atom. The lowest BCUT2D eigenvalue weighted by Gasteiger charge is -2.46. The molecular weight excluding hydrogens is 567 g/mol. The van der Waals surface area contributed by atoms with Crippen LogP contribution in [0.5, 0.6) is 0 Å². The molecule has 2 aromatic carbocycles. The van der Waals surface area contributed by atoms with Crippen LogP contribution in [0.3, 0.4) is 0 Å². The number of hydrogen-bond donors (Lipinski definition) is 1. The van der Waals surface area contributed by atoms with E-state index in [-0.39, 0.29) is 32.5 Å². The summed E-state index contributed by atoms with van der Waals surface area (Å²) in [5.74, 6) is -0.915. The van der Waals surface area contributed by atoms with Crippen LogP contribution in [0.2, 0.25) is 0 Å². The van der Waals surface area contributed by atoms with Gasteiger partial charge in [0.05, 0.1) is 6.26 Å². The first-order valence-electron chi connectivity index (χ1n) is 13.6. The number of carbonyl (C=O) groups is 1. The third-order valence-corrected chi connectivity index (χ3v) is 10.6. The van der Waals surface area contributed by atoms with E-state index in [9.17, 15) is 40.3 Å². The van der Waals surface area contributed by atoms with Crippen LogP contribution in [0.4, 0.5) is 22.0 Å². The molecule has 2 aromatic rings. The van der Waals surface area contributed by atoms with E-state index in [0.717, 1.165) is 17.9 Å². The number of piperidine rings is 1. The summed E-state index contributed by atoms with van der Waals surface area (Å²) in [5, 5.41) is 11.4. The van der Waals surface area contributed by atoms with Gasteiger partial charge in [-0.3, -0.25) is 4.79 Å². The number of likely N-dealkylation sites (tertiary alicyclic amines) is 1. The van der Waals surface area contributed by atoms with Gasteiger partial charge in [0.15, 0.2) is 0 Å². The van der Waals surface area contributed by atoms with Crippen molar-refractivity contribution in [3.05, 3.63) is 70.5 Å². The van der Waals surface area contributed by atoms with Crippen LogP contribution in [0.15, 0.2) is 42.5 Å². The molecule has 41 heavy (non-hydrogen) atoms. The predicted octanol–water partition coefficient (Wildman–Crippen LogP) is 4.39. The highest BCUT2D eigenvalue weighted by Gasteiger charge is 2.57. The van der Waals surface area contributed by atoms with Gasteiger partial charge >= 0.3 is 6.18 Å². The number of rotatable bonds is 5. The highest BCUT2D eigenvalue weighted by molar-refractivity contribution is 7.88. The molecule has 1 N–H and O–H groups in total. The minimum absolute atomic E-state index is 0.00706. The van der Waals surface area contributed by atoms with Crippen LogP contribution in [-0.2, 0) is 38.7 Å². The van der Waals surface area contributed by atoms with E-state index in [0.29, 0.717) is 43.7 Å². The molecule has 1 aliphatic carbocycles. The Labute approximate surface area is 236 Å². The quantitative estimate of drug-likeness (QED) is 0.517. The van der Waals surface area contributed by atoms with E-state index in [2.05, 4.69) is 0 Å². The van der Waals surface area contributed by atoms with Crippen LogP contribution >= 0.6 is 0 Å². The fraction of sp³-hybridized carbons (Fsp3) is 0.552. The Morgan fingerprint density at radius 3 is 2.24 bits per heavy atom. The fourth-order valence-corrected chi connectivity index (χ4v) is 7.75. The third-order valence-electron chi connectivity index (χ3n) is 9.33. The van der Waals surface area contributed by atoms with Crippen molar-refractivity contribution in [2.75, 3.05) is 25.9 Å². The second-order valence-electron chi connectivity index (χ2n) is 11.8. The van der Waals surface area contributed by atoms with Crippen LogP contribution in [0.1, 0.15) is 54.9 Å². The van der Waals surface area contributed by atoms with E-state index in [4.69, 9.17) is 0 Å². The monoisotopic (exact) mass is 600 g/mol. The normalized spacial score (nSPS) is 26.2. The number of amides is 1. The molecule has 0 radical (unpaired) electrons. The second kappa shape index (κ2) is 10.0. The number of alkyl halides is 4. The molecule has 3 aliphatic rings. The van der Waals surface area contributed by atoms with Crippen molar-refractivity contribution < 1.29 is 40.3 Å². The highest BCUT2D eigenvalue weighted by atomic mass is 32.2. The summed E-state index contributed by atoms with van der Waals surface area (Å²) in [6.07, 6.45) is -2.65. The van der Waals surface area contributed by atoms with Gasteiger partial charge in [-0.05, 0) is 79.8 Å². The lowest BCUT2D eigenvalue weighted by molar-refractivity contribution is -0.228. The Morgan fingerprint density at radius 2 is 1.66 bits per heavy atom. The average molecular weight is 601 g/mol. The average Bonchev–Trinajstić information content (AvgIpc) is 3.27. The molecule has 3 atom stereocenters. The molecule has 2 aliphatic heterocycles. The number of sulfonamides is 1.